The highest BCUT2D eigenvalue weighted by atomic mass is 32.2. The Morgan fingerprint density at radius 2 is 2.53 bits per heavy atom. The Morgan fingerprint density at radius 3 is 3.00 bits per heavy atom. The molecule has 0 aliphatic rings. The summed E-state index contributed by atoms with van der Waals surface area (Å²) in [6.07, 6.45) is 2.34. The maximum absolute atomic E-state index is 9.01. The van der Waals surface area contributed by atoms with E-state index in [-0.39, 0.29) is 0 Å². The first-order chi connectivity index (χ1) is 7.09. The molecule has 0 bridgehead atoms. The Labute approximate surface area is 98.3 Å². The summed E-state index contributed by atoms with van der Waals surface area (Å²) in [5.41, 5.74) is -0.461. The van der Waals surface area contributed by atoms with E-state index in [1.54, 1.807) is 18.1 Å². The molecule has 0 saturated heterocycles. The minimum Gasteiger partial charge on any atom is -0.303 e. The molecule has 0 fully saturated rings. The molecule has 0 aliphatic carbocycles. The van der Waals surface area contributed by atoms with E-state index < -0.39 is 5.54 Å². The Kier molecular flexibility index (Phi) is 4.51. The van der Waals surface area contributed by atoms with Crippen molar-refractivity contribution in [3.8, 4) is 6.07 Å². The molecule has 1 aromatic heterocycles. The van der Waals surface area contributed by atoms with Crippen LogP contribution in [-0.2, 0) is 0 Å². The van der Waals surface area contributed by atoms with E-state index in [9.17, 15) is 0 Å². The Hall–Kier alpha value is -0.640. The standard InChI is InChI=1S/C9H14N4S2/c1-7(4-9(2,5-10)11-3)14-8-12-6-13-15-8/h6-7,11H,4H2,1-3H3. The summed E-state index contributed by atoms with van der Waals surface area (Å²) in [6.45, 7) is 4.00. The van der Waals surface area contributed by atoms with Crippen LogP contribution in [0.25, 0.3) is 0 Å². The van der Waals surface area contributed by atoms with E-state index in [1.165, 1.54) is 11.5 Å². The van der Waals surface area contributed by atoms with Crippen LogP contribution in [0, 0.1) is 11.3 Å². The van der Waals surface area contributed by atoms with E-state index in [0.29, 0.717) is 5.25 Å². The Morgan fingerprint density at radius 1 is 1.80 bits per heavy atom. The van der Waals surface area contributed by atoms with Crippen molar-refractivity contribution in [3.05, 3.63) is 6.33 Å². The van der Waals surface area contributed by atoms with Crippen LogP contribution in [0.4, 0.5) is 0 Å². The van der Waals surface area contributed by atoms with Crippen molar-refractivity contribution in [2.75, 3.05) is 7.05 Å². The van der Waals surface area contributed by atoms with Crippen molar-refractivity contribution in [2.24, 2.45) is 0 Å². The van der Waals surface area contributed by atoms with Crippen molar-refractivity contribution in [1.29, 1.82) is 5.26 Å². The maximum Gasteiger partial charge on any atom is 0.170 e. The molecular weight excluding hydrogens is 228 g/mol. The van der Waals surface area contributed by atoms with Gasteiger partial charge in [0, 0.05) is 5.25 Å². The molecule has 2 atom stereocenters. The van der Waals surface area contributed by atoms with Crippen molar-refractivity contribution < 1.29 is 0 Å². The van der Waals surface area contributed by atoms with Gasteiger partial charge in [0.2, 0.25) is 0 Å². The first-order valence-electron chi connectivity index (χ1n) is 4.63. The topological polar surface area (TPSA) is 61.6 Å². The first-order valence-corrected chi connectivity index (χ1v) is 6.28. The van der Waals surface area contributed by atoms with Crippen LogP contribution in [0.15, 0.2) is 10.7 Å². The zero-order valence-electron chi connectivity index (χ0n) is 9.02. The molecule has 2 unspecified atom stereocenters. The van der Waals surface area contributed by atoms with Crippen molar-refractivity contribution in [1.82, 2.24) is 14.7 Å². The van der Waals surface area contributed by atoms with Gasteiger partial charge in [0.1, 0.15) is 11.9 Å². The van der Waals surface area contributed by atoms with Crippen LogP contribution in [0.2, 0.25) is 0 Å². The molecule has 1 N–H and O–H groups in total. The normalized spacial score (nSPS) is 16.7. The summed E-state index contributed by atoms with van der Waals surface area (Å²) >= 11 is 3.05. The zero-order chi connectivity index (χ0) is 11.3. The van der Waals surface area contributed by atoms with Gasteiger partial charge >= 0.3 is 0 Å². The molecule has 0 amide bonds. The monoisotopic (exact) mass is 242 g/mol. The van der Waals surface area contributed by atoms with Crippen LogP contribution in [0.3, 0.4) is 0 Å². The van der Waals surface area contributed by atoms with Gasteiger partial charge in [-0.05, 0) is 31.9 Å². The highest BCUT2D eigenvalue weighted by molar-refractivity contribution is 8.01. The second-order valence-electron chi connectivity index (χ2n) is 3.53. The predicted molar refractivity (Wildman–Crippen MR) is 62.9 cm³/mol. The molecule has 0 aromatic carbocycles. The number of nitrogens with one attached hydrogen (secondary N) is 1. The van der Waals surface area contributed by atoms with E-state index in [4.69, 9.17) is 5.26 Å². The summed E-state index contributed by atoms with van der Waals surface area (Å²) in [6, 6.07) is 2.28. The number of nitrogens with zero attached hydrogens (tertiary/aromatic N) is 3. The van der Waals surface area contributed by atoms with E-state index in [1.807, 2.05) is 14.0 Å². The van der Waals surface area contributed by atoms with E-state index in [0.717, 1.165) is 10.8 Å². The second kappa shape index (κ2) is 5.45. The highest BCUT2D eigenvalue weighted by Gasteiger charge is 2.24. The van der Waals surface area contributed by atoms with E-state index in [2.05, 4.69) is 27.7 Å². The fraction of sp³-hybridized carbons (Fsp3) is 0.667. The summed E-state index contributed by atoms with van der Waals surface area (Å²) in [4.78, 5) is 4.10. The fourth-order valence-corrected chi connectivity index (χ4v) is 3.15. The lowest BCUT2D eigenvalue weighted by Crippen LogP contribution is -2.40. The predicted octanol–water partition coefficient (Wildman–Crippen LogP) is 1.91. The average Bonchev–Trinajstić information content (AvgIpc) is 2.70. The van der Waals surface area contributed by atoms with Gasteiger partial charge in [-0.1, -0.05) is 18.7 Å². The Bertz CT molecular complexity index is 332. The van der Waals surface area contributed by atoms with Crippen LogP contribution in [0.1, 0.15) is 20.3 Å². The molecular formula is C9H14N4S2. The molecule has 1 aromatic rings. The Balaban J connectivity index is 2.49. The van der Waals surface area contributed by atoms with Gasteiger partial charge < -0.3 is 5.32 Å². The zero-order valence-corrected chi connectivity index (χ0v) is 10.7. The maximum atomic E-state index is 9.01. The quantitative estimate of drug-likeness (QED) is 0.799. The van der Waals surface area contributed by atoms with Crippen molar-refractivity contribution in [2.45, 2.75) is 35.4 Å². The second-order valence-corrected chi connectivity index (χ2v) is 6.00. The number of aromatic nitrogens is 2. The molecule has 4 nitrogen and oxygen atoms in total. The number of thioether (sulfide) groups is 1. The van der Waals surface area contributed by atoms with Gasteiger partial charge in [-0.25, -0.2) is 4.98 Å². The smallest absolute Gasteiger partial charge is 0.170 e. The van der Waals surface area contributed by atoms with Gasteiger partial charge in [-0.2, -0.15) is 9.64 Å². The number of rotatable bonds is 5. The van der Waals surface area contributed by atoms with Gasteiger partial charge in [-0.3, -0.25) is 0 Å². The van der Waals surface area contributed by atoms with E-state index >= 15 is 0 Å². The van der Waals surface area contributed by atoms with Gasteiger partial charge in [0.05, 0.1) is 6.07 Å². The largest absolute Gasteiger partial charge is 0.303 e. The molecule has 1 rings (SSSR count). The number of nitriles is 1. The molecule has 15 heavy (non-hydrogen) atoms. The molecule has 1 heterocycles. The number of hydrogen-bond acceptors (Lipinski definition) is 6. The molecule has 0 spiro atoms. The minimum absolute atomic E-state index is 0.343. The van der Waals surface area contributed by atoms with Gasteiger partial charge in [-0.15, -0.1) is 0 Å². The van der Waals surface area contributed by atoms with Crippen LogP contribution in [-0.4, -0.2) is 27.2 Å². The summed E-state index contributed by atoms with van der Waals surface area (Å²) < 4.78 is 4.90. The van der Waals surface area contributed by atoms with Crippen LogP contribution >= 0.6 is 23.3 Å². The fourth-order valence-electron chi connectivity index (χ4n) is 1.21. The molecule has 6 heteroatoms. The van der Waals surface area contributed by atoms with Gasteiger partial charge in [0.25, 0.3) is 0 Å². The third kappa shape index (κ3) is 3.78. The minimum atomic E-state index is -0.461. The molecule has 0 aliphatic heterocycles. The van der Waals surface area contributed by atoms with Crippen LogP contribution in [0.5, 0.6) is 0 Å². The lowest BCUT2D eigenvalue weighted by molar-refractivity contribution is 0.455. The summed E-state index contributed by atoms with van der Waals surface area (Å²) in [7, 11) is 1.81. The third-order valence-electron chi connectivity index (χ3n) is 2.14. The lowest BCUT2D eigenvalue weighted by Gasteiger charge is -2.23. The SMILES string of the molecule is CNC(C)(C#N)CC(C)Sc1ncns1. The summed E-state index contributed by atoms with van der Waals surface area (Å²) in [5.74, 6) is 0. The lowest BCUT2D eigenvalue weighted by atomic mass is 9.98. The molecule has 0 saturated carbocycles. The third-order valence-corrected chi connectivity index (χ3v) is 3.99. The summed E-state index contributed by atoms with van der Waals surface area (Å²) in [5, 5.41) is 12.4. The molecule has 0 radical (unpaired) electrons. The highest BCUT2D eigenvalue weighted by Crippen LogP contribution is 2.28. The first kappa shape index (κ1) is 12.4. The van der Waals surface area contributed by atoms with Gasteiger partial charge in [0.15, 0.2) is 4.34 Å². The van der Waals surface area contributed by atoms with Crippen LogP contribution < -0.4 is 5.32 Å². The number of hydrogen-bond donors (Lipinski definition) is 1. The van der Waals surface area contributed by atoms with Crippen molar-refractivity contribution >= 4 is 23.3 Å². The van der Waals surface area contributed by atoms with Crippen molar-refractivity contribution in [3.63, 3.8) is 0 Å². The molecule has 82 valence electrons. The average molecular weight is 242 g/mol.